The smallest absolute Gasteiger partial charge is 0.261 e. The van der Waals surface area contributed by atoms with Gasteiger partial charge in [0.15, 0.2) is 23.0 Å². The number of sulfonamides is 1. The molecule has 0 saturated heterocycles. The summed E-state index contributed by atoms with van der Waals surface area (Å²) in [6, 6.07) is 12.3. The predicted molar refractivity (Wildman–Crippen MR) is 133 cm³/mol. The molecule has 9 nitrogen and oxygen atoms in total. The number of methoxy groups -OCH3 is 5. The second kappa shape index (κ2) is 10.9. The molecule has 0 aliphatic heterocycles. The molecule has 2 N–H and O–H groups in total. The molecule has 0 aromatic heterocycles. The van der Waals surface area contributed by atoms with Gasteiger partial charge in [-0.15, -0.1) is 0 Å². The minimum Gasteiger partial charge on any atom is -0.504 e. The van der Waals surface area contributed by atoms with Crippen LogP contribution in [-0.2, 0) is 10.0 Å². The van der Waals surface area contributed by atoms with E-state index in [-0.39, 0.29) is 22.1 Å². The second-order valence-corrected chi connectivity index (χ2v) is 8.87. The van der Waals surface area contributed by atoms with E-state index in [1.807, 2.05) is 0 Å². The normalized spacial score (nSPS) is 11.2. The van der Waals surface area contributed by atoms with E-state index in [0.717, 1.165) is 0 Å². The Hall–Kier alpha value is -4.05. The van der Waals surface area contributed by atoms with E-state index in [9.17, 15) is 13.5 Å². The number of nitrogens with one attached hydrogen (secondary N) is 1. The maximum Gasteiger partial charge on any atom is 0.261 e. The summed E-state index contributed by atoms with van der Waals surface area (Å²) in [5.41, 5.74) is 1.30. The van der Waals surface area contributed by atoms with Crippen LogP contribution in [0, 0.1) is 0 Å². The largest absolute Gasteiger partial charge is 0.504 e. The van der Waals surface area contributed by atoms with E-state index < -0.39 is 10.0 Å². The van der Waals surface area contributed by atoms with Crippen molar-refractivity contribution in [1.29, 1.82) is 0 Å². The Morgan fingerprint density at radius 3 is 1.86 bits per heavy atom. The molecule has 0 saturated carbocycles. The van der Waals surface area contributed by atoms with Crippen molar-refractivity contribution >= 4 is 27.9 Å². The van der Waals surface area contributed by atoms with Crippen LogP contribution in [0.2, 0.25) is 0 Å². The number of hydrogen-bond donors (Lipinski definition) is 2. The standard InChI is InChI=1S/C25H27NO8S/c1-30-18-8-10-19(11-9-18)35(28,29)26-20-15-22(31-2)21(27)14-17(20)7-6-16-12-23(32-3)25(34-5)24(13-16)33-4/h6-15,26-27H,1-5H3/b7-6-. The molecule has 0 unspecified atom stereocenters. The van der Waals surface area contributed by atoms with Crippen molar-refractivity contribution in [3.63, 3.8) is 0 Å². The van der Waals surface area contributed by atoms with Gasteiger partial charge in [-0.25, -0.2) is 8.42 Å². The molecule has 186 valence electrons. The molecular weight excluding hydrogens is 474 g/mol. The summed E-state index contributed by atoms with van der Waals surface area (Å²) < 4.78 is 55.0. The summed E-state index contributed by atoms with van der Waals surface area (Å²) in [6.45, 7) is 0. The first-order chi connectivity index (χ1) is 16.8. The zero-order valence-electron chi connectivity index (χ0n) is 20.0. The monoisotopic (exact) mass is 501 g/mol. The summed E-state index contributed by atoms with van der Waals surface area (Å²) >= 11 is 0. The van der Waals surface area contributed by atoms with E-state index in [4.69, 9.17) is 23.7 Å². The Morgan fingerprint density at radius 2 is 1.34 bits per heavy atom. The van der Waals surface area contributed by atoms with E-state index in [0.29, 0.717) is 34.1 Å². The molecule has 0 spiro atoms. The molecule has 0 aliphatic rings. The van der Waals surface area contributed by atoms with Gasteiger partial charge in [0, 0.05) is 11.6 Å². The number of rotatable bonds is 10. The summed E-state index contributed by atoms with van der Waals surface area (Å²) in [5.74, 6) is 1.87. The fourth-order valence-electron chi connectivity index (χ4n) is 3.32. The lowest BCUT2D eigenvalue weighted by molar-refractivity contribution is 0.324. The van der Waals surface area contributed by atoms with Gasteiger partial charge in [0.05, 0.1) is 46.1 Å². The van der Waals surface area contributed by atoms with Gasteiger partial charge < -0.3 is 28.8 Å². The Balaban J connectivity index is 2.03. The number of phenols is 1. The van der Waals surface area contributed by atoms with Gasteiger partial charge in [-0.05, 0) is 48.0 Å². The number of hydrogen-bond acceptors (Lipinski definition) is 8. The lowest BCUT2D eigenvalue weighted by Crippen LogP contribution is -2.13. The molecule has 0 aliphatic carbocycles. The number of ether oxygens (including phenoxy) is 5. The summed E-state index contributed by atoms with van der Waals surface area (Å²) in [7, 11) is 3.46. The van der Waals surface area contributed by atoms with Crippen LogP contribution in [-0.4, -0.2) is 49.1 Å². The van der Waals surface area contributed by atoms with Crippen LogP contribution in [0.4, 0.5) is 5.69 Å². The highest BCUT2D eigenvalue weighted by Crippen LogP contribution is 2.39. The van der Waals surface area contributed by atoms with Gasteiger partial charge in [0.2, 0.25) is 5.75 Å². The molecule has 3 aromatic carbocycles. The van der Waals surface area contributed by atoms with Gasteiger partial charge in [-0.3, -0.25) is 4.72 Å². The Morgan fingerprint density at radius 1 is 0.743 bits per heavy atom. The molecule has 35 heavy (non-hydrogen) atoms. The zero-order valence-corrected chi connectivity index (χ0v) is 20.8. The average Bonchev–Trinajstić information content (AvgIpc) is 2.87. The van der Waals surface area contributed by atoms with Gasteiger partial charge in [-0.1, -0.05) is 12.2 Å². The van der Waals surface area contributed by atoms with Crippen molar-refractivity contribution in [2.24, 2.45) is 0 Å². The molecule has 10 heteroatoms. The molecule has 0 fully saturated rings. The lowest BCUT2D eigenvalue weighted by Gasteiger charge is -2.14. The van der Waals surface area contributed by atoms with Gasteiger partial charge in [0.1, 0.15) is 5.75 Å². The minimum atomic E-state index is -3.95. The lowest BCUT2D eigenvalue weighted by atomic mass is 10.1. The molecule has 3 aromatic rings. The van der Waals surface area contributed by atoms with Crippen LogP contribution in [0.15, 0.2) is 53.4 Å². The van der Waals surface area contributed by atoms with Crippen LogP contribution in [0.1, 0.15) is 11.1 Å². The van der Waals surface area contributed by atoms with Crippen LogP contribution in [0.5, 0.6) is 34.5 Å². The van der Waals surface area contributed by atoms with Crippen molar-refractivity contribution in [3.05, 3.63) is 59.7 Å². The fourth-order valence-corrected chi connectivity index (χ4v) is 4.40. The summed E-state index contributed by atoms with van der Waals surface area (Å²) in [6.07, 6.45) is 3.36. The Bertz CT molecular complexity index is 1290. The third-order valence-corrected chi connectivity index (χ3v) is 6.49. The first kappa shape index (κ1) is 25.6. The first-order valence-corrected chi connectivity index (χ1v) is 11.8. The van der Waals surface area contributed by atoms with E-state index in [1.165, 1.54) is 59.8 Å². The van der Waals surface area contributed by atoms with E-state index in [2.05, 4.69) is 4.72 Å². The highest BCUT2D eigenvalue weighted by atomic mass is 32.2. The summed E-state index contributed by atoms with van der Waals surface area (Å²) in [5, 5.41) is 10.3. The number of phenolic OH excluding ortho intramolecular Hbond substituents is 1. The van der Waals surface area contributed by atoms with Crippen molar-refractivity contribution in [3.8, 4) is 34.5 Å². The summed E-state index contributed by atoms with van der Waals surface area (Å²) in [4.78, 5) is 0.0462. The van der Waals surface area contributed by atoms with Gasteiger partial charge in [-0.2, -0.15) is 0 Å². The van der Waals surface area contributed by atoms with Gasteiger partial charge >= 0.3 is 0 Å². The highest BCUT2D eigenvalue weighted by Gasteiger charge is 2.18. The van der Waals surface area contributed by atoms with Crippen LogP contribution < -0.4 is 28.4 Å². The predicted octanol–water partition coefficient (Wildman–Crippen LogP) is 4.41. The van der Waals surface area contributed by atoms with Crippen LogP contribution in [0.3, 0.4) is 0 Å². The minimum absolute atomic E-state index is 0.0462. The number of benzene rings is 3. The van der Waals surface area contributed by atoms with Gasteiger partial charge in [0.25, 0.3) is 10.0 Å². The van der Waals surface area contributed by atoms with Crippen molar-refractivity contribution in [2.45, 2.75) is 4.90 Å². The molecular formula is C25H27NO8S. The molecule has 0 radical (unpaired) electrons. The average molecular weight is 502 g/mol. The third-order valence-electron chi connectivity index (χ3n) is 5.11. The Labute approximate surface area is 204 Å². The van der Waals surface area contributed by atoms with Crippen molar-refractivity contribution in [2.75, 3.05) is 40.3 Å². The SMILES string of the molecule is COc1ccc(S(=O)(=O)Nc2cc(OC)c(O)cc2/C=C\c2cc(OC)c(OC)c(OC)c2)cc1. The molecule has 0 amide bonds. The quantitative estimate of drug-likeness (QED) is 0.310. The molecule has 0 bridgehead atoms. The Kier molecular flexibility index (Phi) is 7.98. The third kappa shape index (κ3) is 5.72. The van der Waals surface area contributed by atoms with Crippen molar-refractivity contribution < 1.29 is 37.2 Å². The first-order valence-electron chi connectivity index (χ1n) is 10.3. The molecule has 3 rings (SSSR count). The topological polar surface area (TPSA) is 113 Å². The maximum absolute atomic E-state index is 13.0. The highest BCUT2D eigenvalue weighted by molar-refractivity contribution is 7.92. The van der Waals surface area contributed by atoms with Crippen LogP contribution in [0.25, 0.3) is 12.2 Å². The second-order valence-electron chi connectivity index (χ2n) is 7.18. The zero-order chi connectivity index (χ0) is 25.6. The van der Waals surface area contributed by atoms with E-state index in [1.54, 1.807) is 36.4 Å². The number of aromatic hydroxyl groups is 1. The van der Waals surface area contributed by atoms with Crippen molar-refractivity contribution in [1.82, 2.24) is 0 Å². The number of anilines is 1. The molecule has 0 heterocycles. The van der Waals surface area contributed by atoms with Crippen LogP contribution >= 0.6 is 0 Å². The molecule has 0 atom stereocenters. The fraction of sp³-hybridized carbons (Fsp3) is 0.200. The van der Waals surface area contributed by atoms with E-state index >= 15 is 0 Å². The maximum atomic E-state index is 13.0.